The van der Waals surface area contributed by atoms with Crippen molar-refractivity contribution in [1.29, 1.82) is 0 Å². The van der Waals surface area contributed by atoms with Crippen molar-refractivity contribution in [2.45, 2.75) is 45.4 Å². The lowest BCUT2D eigenvalue weighted by Crippen LogP contribution is -2.46. The maximum Gasteiger partial charge on any atom is 0.273 e. The number of carbonyl (C=O) groups excluding carboxylic acids is 2. The summed E-state index contributed by atoms with van der Waals surface area (Å²) in [5, 5.41) is 15.2. The molecule has 4 aliphatic rings. The molecule has 1 heterocycles. The molecule has 4 bridgehead atoms. The lowest BCUT2D eigenvalue weighted by atomic mass is 9.48. The highest BCUT2D eigenvalue weighted by atomic mass is 16.3. The molecule has 2 amide bonds. The Bertz CT molecular complexity index is 767. The standard InChI is InChI=1S/C22H29N3O3/c1-14(22-11-15-8-16(12-22)10-17(9-15)13-22)7-19(27)23-5-6-25-21(28)20-18(26)3-2-4-24-20/h2-4,7,15-17,26H,5-6,8-13H2,1H3,(H,23,27)(H,25,28). The number of rotatable bonds is 6. The van der Waals surface area contributed by atoms with Gasteiger partial charge < -0.3 is 15.7 Å². The molecule has 6 nitrogen and oxygen atoms in total. The summed E-state index contributed by atoms with van der Waals surface area (Å²) in [5.41, 5.74) is 1.47. The number of amides is 2. The Morgan fingerprint density at radius 1 is 1.14 bits per heavy atom. The second-order valence-electron chi connectivity index (χ2n) is 8.94. The van der Waals surface area contributed by atoms with Gasteiger partial charge in [-0.15, -0.1) is 0 Å². The third-order valence-corrected chi connectivity index (χ3v) is 6.93. The van der Waals surface area contributed by atoms with E-state index in [1.807, 2.05) is 0 Å². The molecule has 0 radical (unpaired) electrons. The predicted octanol–water partition coefficient (Wildman–Crippen LogP) is 2.80. The average Bonchev–Trinajstić information content (AvgIpc) is 2.64. The van der Waals surface area contributed by atoms with Crippen LogP contribution in [0.15, 0.2) is 30.0 Å². The molecule has 6 heteroatoms. The molecular weight excluding hydrogens is 354 g/mol. The van der Waals surface area contributed by atoms with E-state index < -0.39 is 5.91 Å². The van der Waals surface area contributed by atoms with Crippen molar-refractivity contribution in [3.05, 3.63) is 35.7 Å². The Labute approximate surface area is 165 Å². The van der Waals surface area contributed by atoms with Crippen LogP contribution in [-0.4, -0.2) is 35.0 Å². The van der Waals surface area contributed by atoms with E-state index in [0.29, 0.717) is 6.54 Å². The molecule has 0 atom stereocenters. The zero-order valence-corrected chi connectivity index (χ0v) is 16.4. The van der Waals surface area contributed by atoms with Crippen LogP contribution in [0.3, 0.4) is 0 Å². The molecule has 0 spiro atoms. The van der Waals surface area contributed by atoms with Gasteiger partial charge in [-0.05, 0) is 80.8 Å². The minimum atomic E-state index is -0.451. The van der Waals surface area contributed by atoms with Crippen molar-refractivity contribution in [3.8, 4) is 5.75 Å². The molecule has 1 aromatic heterocycles. The summed E-state index contributed by atoms with van der Waals surface area (Å²) < 4.78 is 0. The molecule has 3 N–H and O–H groups in total. The summed E-state index contributed by atoms with van der Waals surface area (Å²) in [6.07, 6.45) is 11.2. The molecule has 0 unspecified atom stereocenters. The molecule has 4 aliphatic carbocycles. The quantitative estimate of drug-likeness (QED) is 0.520. The molecule has 150 valence electrons. The SMILES string of the molecule is CC(=CC(=O)NCCNC(=O)c1ncccc1O)C12CC3CC(CC(C3)C1)C2. The van der Waals surface area contributed by atoms with E-state index in [9.17, 15) is 14.7 Å². The number of carbonyl (C=O) groups is 2. The van der Waals surface area contributed by atoms with Gasteiger partial charge in [0.2, 0.25) is 5.91 Å². The van der Waals surface area contributed by atoms with E-state index in [1.165, 1.54) is 56.4 Å². The van der Waals surface area contributed by atoms with Crippen molar-refractivity contribution in [1.82, 2.24) is 15.6 Å². The Balaban J connectivity index is 1.26. The normalized spacial score (nSPS) is 30.9. The number of pyridine rings is 1. The molecular formula is C22H29N3O3. The van der Waals surface area contributed by atoms with Gasteiger partial charge in [0.05, 0.1) is 0 Å². The van der Waals surface area contributed by atoms with Gasteiger partial charge in [0.1, 0.15) is 5.75 Å². The van der Waals surface area contributed by atoms with Crippen molar-refractivity contribution in [2.75, 3.05) is 13.1 Å². The van der Waals surface area contributed by atoms with Gasteiger partial charge in [-0.3, -0.25) is 9.59 Å². The van der Waals surface area contributed by atoms with Crippen LogP contribution in [0.25, 0.3) is 0 Å². The summed E-state index contributed by atoms with van der Waals surface area (Å²) in [6, 6.07) is 2.98. The summed E-state index contributed by atoms with van der Waals surface area (Å²) in [7, 11) is 0. The monoisotopic (exact) mass is 383 g/mol. The van der Waals surface area contributed by atoms with E-state index in [1.54, 1.807) is 12.1 Å². The van der Waals surface area contributed by atoms with Crippen LogP contribution in [0, 0.1) is 23.2 Å². The van der Waals surface area contributed by atoms with Gasteiger partial charge in [-0.2, -0.15) is 0 Å². The van der Waals surface area contributed by atoms with E-state index in [4.69, 9.17) is 0 Å². The highest BCUT2D eigenvalue weighted by Crippen LogP contribution is 2.62. The van der Waals surface area contributed by atoms with Crippen LogP contribution in [-0.2, 0) is 4.79 Å². The fourth-order valence-electron chi connectivity index (χ4n) is 6.01. The molecule has 28 heavy (non-hydrogen) atoms. The lowest BCUT2D eigenvalue weighted by molar-refractivity contribution is -0.116. The van der Waals surface area contributed by atoms with E-state index in [0.717, 1.165) is 17.8 Å². The second kappa shape index (κ2) is 7.57. The lowest BCUT2D eigenvalue weighted by Gasteiger charge is -2.57. The van der Waals surface area contributed by atoms with Crippen molar-refractivity contribution in [2.24, 2.45) is 23.2 Å². The zero-order valence-electron chi connectivity index (χ0n) is 16.4. The fourth-order valence-corrected chi connectivity index (χ4v) is 6.01. The third-order valence-electron chi connectivity index (χ3n) is 6.93. The van der Waals surface area contributed by atoms with Crippen LogP contribution in [0.2, 0.25) is 0 Å². The third kappa shape index (κ3) is 3.77. The molecule has 4 fully saturated rings. The van der Waals surface area contributed by atoms with Crippen LogP contribution < -0.4 is 10.6 Å². The van der Waals surface area contributed by atoms with Crippen molar-refractivity contribution < 1.29 is 14.7 Å². The maximum absolute atomic E-state index is 12.4. The number of nitrogens with one attached hydrogen (secondary N) is 2. The zero-order chi connectivity index (χ0) is 19.7. The highest BCUT2D eigenvalue weighted by molar-refractivity contribution is 5.94. The summed E-state index contributed by atoms with van der Waals surface area (Å²) in [6.45, 7) is 2.74. The molecule has 5 rings (SSSR count). The Kier molecular flexibility index (Phi) is 5.13. The molecule has 0 aliphatic heterocycles. The Hall–Kier alpha value is -2.37. The van der Waals surface area contributed by atoms with Gasteiger partial charge in [-0.25, -0.2) is 4.98 Å². The molecule has 1 aromatic rings. The highest BCUT2D eigenvalue weighted by Gasteiger charge is 2.51. The van der Waals surface area contributed by atoms with Crippen LogP contribution in [0.5, 0.6) is 5.75 Å². The summed E-state index contributed by atoms with van der Waals surface area (Å²) >= 11 is 0. The maximum atomic E-state index is 12.4. The second-order valence-corrected chi connectivity index (χ2v) is 8.94. The Morgan fingerprint density at radius 3 is 2.36 bits per heavy atom. The summed E-state index contributed by atoms with van der Waals surface area (Å²) in [5.74, 6) is 1.87. The number of nitrogens with zero attached hydrogens (tertiary/aromatic N) is 1. The number of hydrogen-bond donors (Lipinski definition) is 3. The first-order chi connectivity index (χ1) is 13.4. The van der Waals surface area contributed by atoms with E-state index in [2.05, 4.69) is 22.5 Å². The van der Waals surface area contributed by atoms with Gasteiger partial charge in [0.15, 0.2) is 5.69 Å². The first kappa shape index (κ1) is 19.0. The fraction of sp³-hybridized carbons (Fsp3) is 0.591. The minimum Gasteiger partial charge on any atom is -0.505 e. The van der Waals surface area contributed by atoms with Crippen molar-refractivity contribution >= 4 is 11.8 Å². The summed E-state index contributed by atoms with van der Waals surface area (Å²) in [4.78, 5) is 28.2. The first-order valence-corrected chi connectivity index (χ1v) is 10.3. The number of allylic oxidation sites excluding steroid dienone is 1. The van der Waals surface area contributed by atoms with Gasteiger partial charge in [-0.1, -0.05) is 5.57 Å². The number of hydrogen-bond acceptors (Lipinski definition) is 4. The van der Waals surface area contributed by atoms with Gasteiger partial charge in [0.25, 0.3) is 5.91 Å². The van der Waals surface area contributed by atoms with Crippen molar-refractivity contribution in [3.63, 3.8) is 0 Å². The molecule has 0 saturated heterocycles. The van der Waals surface area contributed by atoms with Gasteiger partial charge >= 0.3 is 0 Å². The smallest absolute Gasteiger partial charge is 0.273 e. The largest absolute Gasteiger partial charge is 0.505 e. The molecule has 0 aromatic carbocycles. The number of aromatic hydroxyl groups is 1. The topological polar surface area (TPSA) is 91.3 Å². The van der Waals surface area contributed by atoms with Crippen LogP contribution >= 0.6 is 0 Å². The predicted molar refractivity (Wildman–Crippen MR) is 106 cm³/mol. The first-order valence-electron chi connectivity index (χ1n) is 10.3. The average molecular weight is 383 g/mol. The minimum absolute atomic E-state index is 0.00798. The van der Waals surface area contributed by atoms with E-state index in [-0.39, 0.29) is 29.3 Å². The number of aromatic nitrogens is 1. The van der Waals surface area contributed by atoms with Crippen LogP contribution in [0.1, 0.15) is 55.9 Å². The molecule has 4 saturated carbocycles. The van der Waals surface area contributed by atoms with E-state index >= 15 is 0 Å². The van der Waals surface area contributed by atoms with Gasteiger partial charge in [0, 0.05) is 25.4 Å². The Morgan fingerprint density at radius 2 is 1.75 bits per heavy atom. The van der Waals surface area contributed by atoms with Crippen LogP contribution in [0.4, 0.5) is 0 Å².